The number of nitrogens with zero attached hydrogens (tertiary/aromatic N) is 2. The molecule has 0 aliphatic heterocycles. The Labute approximate surface area is 132 Å². The fourth-order valence-corrected chi connectivity index (χ4v) is 3.11. The van der Waals surface area contributed by atoms with E-state index in [0.29, 0.717) is 0 Å². The van der Waals surface area contributed by atoms with Crippen molar-refractivity contribution in [3.63, 3.8) is 0 Å². The summed E-state index contributed by atoms with van der Waals surface area (Å²) >= 11 is 3.51. The smallest absolute Gasteiger partial charge is 0.130 e. The van der Waals surface area contributed by atoms with Gasteiger partial charge >= 0.3 is 0 Å². The molecule has 3 nitrogen and oxygen atoms in total. The van der Waals surface area contributed by atoms with Crippen molar-refractivity contribution >= 4 is 15.9 Å². The van der Waals surface area contributed by atoms with Gasteiger partial charge in [-0.25, -0.2) is 4.68 Å². The molecule has 0 bridgehead atoms. The second-order valence-corrected chi connectivity index (χ2v) is 5.87. The summed E-state index contributed by atoms with van der Waals surface area (Å²) in [5.74, 6) is 0. The van der Waals surface area contributed by atoms with Gasteiger partial charge in [-0.2, -0.15) is 5.10 Å². The van der Waals surface area contributed by atoms with Gasteiger partial charge in [-0.15, -0.1) is 0 Å². The van der Waals surface area contributed by atoms with Crippen molar-refractivity contribution in [2.24, 2.45) is 0 Å². The highest BCUT2D eigenvalue weighted by atomic mass is 79.9. The minimum atomic E-state index is -1.15. The van der Waals surface area contributed by atoms with Gasteiger partial charge in [0.05, 0.1) is 11.4 Å². The summed E-state index contributed by atoms with van der Waals surface area (Å²) in [5.41, 5.74) is 1.31. The monoisotopic (exact) mass is 342 g/mol. The van der Waals surface area contributed by atoms with Crippen molar-refractivity contribution in [1.82, 2.24) is 9.78 Å². The molecule has 0 saturated carbocycles. The average Bonchev–Trinajstić information content (AvgIpc) is 2.99. The number of hydrogen-bond donors (Lipinski definition) is 1. The SMILES string of the molecule is CC(O)(c1ccccc1Br)c1ccnn1-c1ccccc1. The van der Waals surface area contributed by atoms with Crippen LogP contribution in [0.15, 0.2) is 71.3 Å². The number of para-hydroxylation sites is 1. The Hall–Kier alpha value is -1.91. The van der Waals surface area contributed by atoms with Crippen LogP contribution in [0.2, 0.25) is 0 Å². The predicted molar refractivity (Wildman–Crippen MR) is 86.4 cm³/mol. The molecule has 4 heteroatoms. The molecule has 106 valence electrons. The van der Waals surface area contributed by atoms with Gasteiger partial charge < -0.3 is 5.11 Å². The number of benzene rings is 2. The lowest BCUT2D eigenvalue weighted by molar-refractivity contribution is 0.0938. The highest BCUT2D eigenvalue weighted by molar-refractivity contribution is 9.10. The van der Waals surface area contributed by atoms with Crippen molar-refractivity contribution in [2.75, 3.05) is 0 Å². The van der Waals surface area contributed by atoms with E-state index in [9.17, 15) is 5.11 Å². The maximum absolute atomic E-state index is 11.1. The number of halogens is 1. The van der Waals surface area contributed by atoms with Gasteiger partial charge in [0, 0.05) is 16.2 Å². The molecular weight excluding hydrogens is 328 g/mol. The molecule has 3 aromatic rings. The molecule has 1 N–H and O–H groups in total. The van der Waals surface area contributed by atoms with E-state index in [1.54, 1.807) is 17.8 Å². The molecule has 1 heterocycles. The number of aromatic nitrogens is 2. The van der Waals surface area contributed by atoms with Gasteiger partial charge in [-0.3, -0.25) is 0 Å². The van der Waals surface area contributed by atoms with Crippen molar-refractivity contribution in [1.29, 1.82) is 0 Å². The van der Waals surface area contributed by atoms with Crippen LogP contribution in [0.5, 0.6) is 0 Å². The molecule has 0 fully saturated rings. The molecule has 0 saturated heterocycles. The fraction of sp³-hybridized carbons (Fsp3) is 0.118. The summed E-state index contributed by atoms with van der Waals surface area (Å²) in [7, 11) is 0. The molecule has 0 aliphatic carbocycles. The van der Waals surface area contributed by atoms with E-state index in [4.69, 9.17) is 0 Å². The van der Waals surface area contributed by atoms with E-state index >= 15 is 0 Å². The molecule has 0 aliphatic rings. The number of rotatable bonds is 3. The van der Waals surface area contributed by atoms with E-state index in [-0.39, 0.29) is 0 Å². The van der Waals surface area contributed by atoms with E-state index in [0.717, 1.165) is 21.4 Å². The van der Waals surface area contributed by atoms with Crippen LogP contribution in [0.25, 0.3) is 5.69 Å². The molecule has 0 amide bonds. The lowest BCUT2D eigenvalue weighted by Crippen LogP contribution is -2.27. The summed E-state index contributed by atoms with van der Waals surface area (Å²) in [5, 5.41) is 15.4. The minimum absolute atomic E-state index is 0.723. The van der Waals surface area contributed by atoms with Crippen molar-refractivity contribution in [2.45, 2.75) is 12.5 Å². The van der Waals surface area contributed by atoms with Crippen LogP contribution >= 0.6 is 15.9 Å². The first kappa shape index (κ1) is 14.0. The van der Waals surface area contributed by atoms with Gasteiger partial charge in [0.15, 0.2) is 0 Å². The number of aliphatic hydroxyl groups is 1. The first-order valence-electron chi connectivity index (χ1n) is 6.68. The normalized spacial score (nSPS) is 13.9. The van der Waals surface area contributed by atoms with Crippen molar-refractivity contribution in [3.8, 4) is 5.69 Å². The number of hydrogen-bond acceptors (Lipinski definition) is 2. The summed E-state index contributed by atoms with van der Waals surface area (Å²) in [6.45, 7) is 1.78. The predicted octanol–water partition coefficient (Wildman–Crippen LogP) is 3.89. The first-order valence-corrected chi connectivity index (χ1v) is 7.47. The Morgan fingerprint density at radius 1 is 1.00 bits per heavy atom. The Kier molecular flexibility index (Phi) is 3.66. The molecule has 1 atom stereocenters. The van der Waals surface area contributed by atoms with Gasteiger partial charge in [-0.1, -0.05) is 52.3 Å². The van der Waals surface area contributed by atoms with Gasteiger partial charge in [0.25, 0.3) is 0 Å². The van der Waals surface area contributed by atoms with Crippen LogP contribution < -0.4 is 0 Å². The molecule has 0 spiro atoms. The maximum atomic E-state index is 11.1. The zero-order valence-electron chi connectivity index (χ0n) is 11.6. The van der Waals surface area contributed by atoms with Crippen LogP contribution in [-0.2, 0) is 5.60 Å². The van der Waals surface area contributed by atoms with Crippen molar-refractivity contribution < 1.29 is 5.11 Å². The van der Waals surface area contributed by atoms with E-state index < -0.39 is 5.60 Å². The van der Waals surface area contributed by atoms with Gasteiger partial charge in [0.1, 0.15) is 5.60 Å². The second-order valence-electron chi connectivity index (χ2n) is 5.02. The third-order valence-electron chi connectivity index (χ3n) is 3.54. The largest absolute Gasteiger partial charge is 0.379 e. The van der Waals surface area contributed by atoms with E-state index in [1.165, 1.54) is 0 Å². The second kappa shape index (κ2) is 5.47. The first-order chi connectivity index (χ1) is 10.1. The third-order valence-corrected chi connectivity index (χ3v) is 4.23. The standard InChI is InChI=1S/C17H15BrN2O/c1-17(21,14-9-5-6-10-15(14)18)16-11-12-19-20(16)13-7-3-2-4-8-13/h2-12,21H,1H3. The third kappa shape index (κ3) is 2.52. The van der Waals surface area contributed by atoms with Crippen LogP contribution in [-0.4, -0.2) is 14.9 Å². The minimum Gasteiger partial charge on any atom is -0.379 e. The lowest BCUT2D eigenvalue weighted by Gasteiger charge is -2.26. The van der Waals surface area contributed by atoms with Crippen LogP contribution in [0.4, 0.5) is 0 Å². The topological polar surface area (TPSA) is 38.1 Å². The van der Waals surface area contributed by atoms with E-state index in [2.05, 4.69) is 21.0 Å². The Balaban J connectivity index is 2.14. The quantitative estimate of drug-likeness (QED) is 0.784. The highest BCUT2D eigenvalue weighted by Gasteiger charge is 2.31. The zero-order chi connectivity index (χ0) is 14.9. The summed E-state index contributed by atoms with van der Waals surface area (Å²) in [6, 6.07) is 19.3. The Morgan fingerprint density at radius 2 is 1.67 bits per heavy atom. The summed E-state index contributed by atoms with van der Waals surface area (Å²) in [6.07, 6.45) is 1.70. The summed E-state index contributed by atoms with van der Waals surface area (Å²) < 4.78 is 2.63. The molecule has 2 aromatic carbocycles. The maximum Gasteiger partial charge on any atom is 0.130 e. The molecule has 0 radical (unpaired) electrons. The van der Waals surface area contributed by atoms with Gasteiger partial charge in [0.2, 0.25) is 0 Å². The fourth-order valence-electron chi connectivity index (χ4n) is 2.44. The molecule has 3 rings (SSSR count). The molecule has 1 unspecified atom stereocenters. The average molecular weight is 343 g/mol. The lowest BCUT2D eigenvalue weighted by atomic mass is 9.92. The van der Waals surface area contributed by atoms with Gasteiger partial charge in [-0.05, 0) is 31.2 Å². The Morgan fingerprint density at radius 3 is 2.38 bits per heavy atom. The molecular formula is C17H15BrN2O. The van der Waals surface area contributed by atoms with Crippen LogP contribution in [0.1, 0.15) is 18.2 Å². The molecule has 1 aromatic heterocycles. The van der Waals surface area contributed by atoms with Crippen molar-refractivity contribution in [3.05, 3.63) is 82.6 Å². The summed E-state index contributed by atoms with van der Waals surface area (Å²) in [4.78, 5) is 0. The molecule has 21 heavy (non-hydrogen) atoms. The Bertz CT molecular complexity index is 750. The highest BCUT2D eigenvalue weighted by Crippen LogP contribution is 2.34. The van der Waals surface area contributed by atoms with Crippen LogP contribution in [0, 0.1) is 0 Å². The van der Waals surface area contributed by atoms with Crippen LogP contribution in [0.3, 0.4) is 0 Å². The zero-order valence-corrected chi connectivity index (χ0v) is 13.2. The van der Waals surface area contributed by atoms with E-state index in [1.807, 2.05) is 60.7 Å².